The Morgan fingerprint density at radius 3 is 2.59 bits per heavy atom. The molecule has 0 aliphatic rings. The average Bonchev–Trinajstić information content (AvgIpc) is 2.90. The summed E-state index contributed by atoms with van der Waals surface area (Å²) in [7, 11) is 0. The van der Waals surface area contributed by atoms with Gasteiger partial charge in [-0.15, -0.1) is 17.9 Å². The minimum absolute atomic E-state index is 0.0797. The Balaban J connectivity index is 2.10. The van der Waals surface area contributed by atoms with E-state index in [2.05, 4.69) is 11.9 Å². The molecule has 3 heteroatoms. The van der Waals surface area contributed by atoms with E-state index in [-0.39, 0.29) is 11.9 Å². The van der Waals surface area contributed by atoms with E-state index in [0.717, 1.165) is 4.88 Å². The van der Waals surface area contributed by atoms with Crippen LogP contribution in [0.4, 0.5) is 0 Å². The molecule has 1 aromatic carbocycles. The molecule has 0 saturated heterocycles. The van der Waals surface area contributed by atoms with E-state index in [0.29, 0.717) is 5.56 Å². The van der Waals surface area contributed by atoms with Crippen LogP contribution in [-0.2, 0) is 0 Å². The molecule has 0 spiro atoms. The normalized spacial score (nSPS) is 11.8. The SMILES string of the molecule is C=C[C@H](NC(=O)c1ccccc1)c1cccs1. The minimum atomic E-state index is -0.122. The second-order valence-corrected chi connectivity index (χ2v) is 4.55. The van der Waals surface area contributed by atoms with Crippen LogP contribution in [0.3, 0.4) is 0 Å². The predicted octanol–water partition coefficient (Wildman–Crippen LogP) is 3.41. The molecule has 0 radical (unpaired) electrons. The monoisotopic (exact) mass is 243 g/mol. The fourth-order valence-electron chi connectivity index (χ4n) is 1.53. The van der Waals surface area contributed by atoms with Crippen molar-refractivity contribution in [2.75, 3.05) is 0 Å². The third-order valence-corrected chi connectivity index (χ3v) is 3.36. The molecule has 0 aliphatic carbocycles. The molecule has 2 rings (SSSR count). The van der Waals surface area contributed by atoms with Crippen LogP contribution >= 0.6 is 11.3 Å². The zero-order valence-electron chi connectivity index (χ0n) is 9.30. The highest BCUT2D eigenvalue weighted by Crippen LogP contribution is 2.20. The Kier molecular flexibility index (Phi) is 3.73. The number of benzene rings is 1. The van der Waals surface area contributed by atoms with E-state index in [1.807, 2.05) is 35.7 Å². The summed E-state index contributed by atoms with van der Waals surface area (Å²) in [5, 5.41) is 4.93. The van der Waals surface area contributed by atoms with E-state index in [1.54, 1.807) is 29.5 Å². The first-order chi connectivity index (χ1) is 8.31. The van der Waals surface area contributed by atoms with Crippen LogP contribution in [0.2, 0.25) is 0 Å². The van der Waals surface area contributed by atoms with Crippen LogP contribution in [0, 0.1) is 0 Å². The van der Waals surface area contributed by atoms with Crippen LogP contribution < -0.4 is 5.32 Å². The maximum Gasteiger partial charge on any atom is 0.252 e. The fourth-order valence-corrected chi connectivity index (χ4v) is 2.30. The summed E-state index contributed by atoms with van der Waals surface area (Å²) < 4.78 is 0. The van der Waals surface area contributed by atoms with Gasteiger partial charge in [0.2, 0.25) is 0 Å². The van der Waals surface area contributed by atoms with Crippen molar-refractivity contribution < 1.29 is 4.79 Å². The lowest BCUT2D eigenvalue weighted by molar-refractivity contribution is 0.0944. The number of rotatable bonds is 4. The summed E-state index contributed by atoms with van der Waals surface area (Å²) in [5.41, 5.74) is 0.663. The lowest BCUT2D eigenvalue weighted by Crippen LogP contribution is -2.26. The van der Waals surface area contributed by atoms with Gasteiger partial charge in [-0.1, -0.05) is 30.3 Å². The van der Waals surface area contributed by atoms with Gasteiger partial charge in [-0.25, -0.2) is 0 Å². The van der Waals surface area contributed by atoms with Crippen molar-refractivity contribution in [1.82, 2.24) is 5.32 Å². The Hall–Kier alpha value is -1.87. The van der Waals surface area contributed by atoms with Gasteiger partial charge in [0.25, 0.3) is 5.91 Å². The van der Waals surface area contributed by atoms with Gasteiger partial charge in [0, 0.05) is 10.4 Å². The van der Waals surface area contributed by atoms with E-state index < -0.39 is 0 Å². The van der Waals surface area contributed by atoms with E-state index >= 15 is 0 Å². The third-order valence-electron chi connectivity index (χ3n) is 2.41. The van der Waals surface area contributed by atoms with Gasteiger partial charge in [-0.05, 0) is 23.6 Å². The molecule has 0 bridgehead atoms. The summed E-state index contributed by atoms with van der Waals surface area (Å²) in [6.07, 6.45) is 1.74. The van der Waals surface area contributed by atoms with E-state index in [4.69, 9.17) is 0 Å². The molecule has 0 unspecified atom stereocenters. The highest BCUT2D eigenvalue weighted by molar-refractivity contribution is 7.10. The Morgan fingerprint density at radius 2 is 2.00 bits per heavy atom. The summed E-state index contributed by atoms with van der Waals surface area (Å²) in [4.78, 5) is 13.0. The van der Waals surface area contributed by atoms with Crippen molar-refractivity contribution in [2.24, 2.45) is 0 Å². The molecule has 1 atom stereocenters. The molecule has 1 N–H and O–H groups in total. The van der Waals surface area contributed by atoms with E-state index in [1.165, 1.54) is 0 Å². The molecular weight excluding hydrogens is 230 g/mol. The maximum absolute atomic E-state index is 12.0. The van der Waals surface area contributed by atoms with Crippen molar-refractivity contribution in [2.45, 2.75) is 6.04 Å². The summed E-state index contributed by atoms with van der Waals surface area (Å²) in [6, 6.07) is 13.0. The lowest BCUT2D eigenvalue weighted by atomic mass is 10.2. The number of carbonyl (C=O) groups excluding carboxylic acids is 1. The van der Waals surface area contributed by atoms with Crippen molar-refractivity contribution in [3.63, 3.8) is 0 Å². The zero-order chi connectivity index (χ0) is 12.1. The van der Waals surface area contributed by atoms with E-state index in [9.17, 15) is 4.79 Å². The molecule has 2 aromatic rings. The van der Waals surface area contributed by atoms with Crippen LogP contribution in [-0.4, -0.2) is 5.91 Å². The number of hydrogen-bond acceptors (Lipinski definition) is 2. The van der Waals surface area contributed by atoms with Gasteiger partial charge in [0.1, 0.15) is 0 Å². The van der Waals surface area contributed by atoms with Crippen molar-refractivity contribution >= 4 is 17.2 Å². The Morgan fingerprint density at radius 1 is 1.24 bits per heavy atom. The molecule has 1 aromatic heterocycles. The molecular formula is C14H13NOS. The molecule has 1 heterocycles. The number of hydrogen-bond donors (Lipinski definition) is 1. The first kappa shape index (κ1) is 11.6. The van der Waals surface area contributed by atoms with Gasteiger partial charge in [-0.2, -0.15) is 0 Å². The van der Waals surface area contributed by atoms with Gasteiger partial charge in [0.15, 0.2) is 0 Å². The second-order valence-electron chi connectivity index (χ2n) is 3.57. The number of amides is 1. The largest absolute Gasteiger partial charge is 0.341 e. The van der Waals surface area contributed by atoms with Crippen molar-refractivity contribution in [3.05, 3.63) is 70.9 Å². The lowest BCUT2D eigenvalue weighted by Gasteiger charge is -2.13. The smallest absolute Gasteiger partial charge is 0.252 e. The summed E-state index contributed by atoms with van der Waals surface area (Å²) >= 11 is 1.61. The summed E-state index contributed by atoms with van der Waals surface area (Å²) in [6.45, 7) is 3.76. The predicted molar refractivity (Wildman–Crippen MR) is 71.2 cm³/mol. The zero-order valence-corrected chi connectivity index (χ0v) is 10.1. The first-order valence-corrected chi connectivity index (χ1v) is 6.21. The van der Waals surface area contributed by atoms with Crippen molar-refractivity contribution in [1.29, 1.82) is 0 Å². The average molecular weight is 243 g/mol. The Bertz CT molecular complexity index is 490. The van der Waals surface area contributed by atoms with Crippen LogP contribution in [0.5, 0.6) is 0 Å². The number of carbonyl (C=O) groups is 1. The molecule has 1 amide bonds. The minimum Gasteiger partial charge on any atom is -0.341 e. The van der Waals surface area contributed by atoms with Gasteiger partial charge >= 0.3 is 0 Å². The molecule has 0 saturated carbocycles. The topological polar surface area (TPSA) is 29.1 Å². The quantitative estimate of drug-likeness (QED) is 0.819. The number of nitrogens with one attached hydrogen (secondary N) is 1. The second kappa shape index (κ2) is 5.46. The van der Waals surface area contributed by atoms with Crippen molar-refractivity contribution in [3.8, 4) is 0 Å². The standard InChI is InChI=1S/C14H13NOS/c1-2-12(13-9-6-10-17-13)15-14(16)11-7-4-3-5-8-11/h2-10,12H,1H2,(H,15,16)/t12-/m0/s1. The maximum atomic E-state index is 12.0. The molecule has 0 aliphatic heterocycles. The van der Waals surface area contributed by atoms with Crippen LogP contribution in [0.1, 0.15) is 21.3 Å². The van der Waals surface area contributed by atoms with Gasteiger partial charge in [0.05, 0.1) is 6.04 Å². The van der Waals surface area contributed by atoms with Gasteiger partial charge in [-0.3, -0.25) is 4.79 Å². The molecule has 2 nitrogen and oxygen atoms in total. The highest BCUT2D eigenvalue weighted by Gasteiger charge is 2.12. The highest BCUT2D eigenvalue weighted by atomic mass is 32.1. The number of thiophene rings is 1. The first-order valence-electron chi connectivity index (χ1n) is 5.33. The van der Waals surface area contributed by atoms with Crippen LogP contribution in [0.25, 0.3) is 0 Å². The summed E-state index contributed by atoms with van der Waals surface area (Å²) in [5.74, 6) is -0.0797. The molecule has 0 fully saturated rings. The van der Waals surface area contributed by atoms with Gasteiger partial charge < -0.3 is 5.32 Å². The van der Waals surface area contributed by atoms with Crippen LogP contribution in [0.15, 0.2) is 60.5 Å². The molecule has 86 valence electrons. The molecule has 17 heavy (non-hydrogen) atoms. The fraction of sp³-hybridized carbons (Fsp3) is 0.0714. The Labute approximate surface area is 105 Å². The third kappa shape index (κ3) is 2.82.